The van der Waals surface area contributed by atoms with Crippen molar-refractivity contribution in [1.82, 2.24) is 9.88 Å². The van der Waals surface area contributed by atoms with Crippen LogP contribution in [-0.2, 0) is 14.8 Å². The van der Waals surface area contributed by atoms with Gasteiger partial charge < -0.3 is 14.0 Å². The highest BCUT2D eigenvalue weighted by Gasteiger charge is 2.29. The van der Waals surface area contributed by atoms with E-state index < -0.39 is 10.0 Å². The lowest BCUT2D eigenvalue weighted by atomic mass is 9.98. The van der Waals surface area contributed by atoms with Crippen molar-refractivity contribution in [2.24, 2.45) is 5.92 Å². The van der Waals surface area contributed by atoms with Crippen LogP contribution in [0.3, 0.4) is 0 Å². The molecule has 7 nitrogen and oxygen atoms in total. The Labute approximate surface area is 153 Å². The average Bonchev–Trinajstić information content (AvgIpc) is 3.07. The minimum absolute atomic E-state index is 0.0251. The van der Waals surface area contributed by atoms with Gasteiger partial charge in [-0.05, 0) is 44.5 Å². The van der Waals surface area contributed by atoms with Crippen LogP contribution in [0.4, 0.5) is 0 Å². The third-order valence-corrected chi connectivity index (χ3v) is 5.85. The Morgan fingerprint density at radius 1 is 1.31 bits per heavy atom. The number of aryl methyl sites for hydroxylation is 1. The van der Waals surface area contributed by atoms with Crippen molar-refractivity contribution in [1.29, 1.82) is 0 Å². The molecule has 0 unspecified atom stereocenters. The zero-order chi connectivity index (χ0) is 18.6. The molecule has 1 aliphatic rings. The molecule has 3 rings (SSSR count). The fourth-order valence-electron chi connectivity index (χ4n) is 2.86. The standard InChI is InChI=1S/C18H24N2O5S/c1-3-26(21,22)20-17-8-9-23-11-15(17)12-24-16-6-4-14(5-7-16)18-10-13(2)25-19-18/h4-7,10,15,17,20H,3,8-9,11-12H2,1-2H3/t15-,17+/m1/s1. The Kier molecular flexibility index (Phi) is 5.95. The Morgan fingerprint density at radius 3 is 2.73 bits per heavy atom. The number of rotatable bonds is 7. The number of nitrogens with one attached hydrogen (secondary N) is 1. The molecule has 1 fully saturated rings. The van der Waals surface area contributed by atoms with Crippen molar-refractivity contribution in [2.45, 2.75) is 26.3 Å². The van der Waals surface area contributed by atoms with Crippen molar-refractivity contribution in [2.75, 3.05) is 25.6 Å². The second kappa shape index (κ2) is 8.20. The Hall–Kier alpha value is -1.90. The number of hydrogen-bond donors (Lipinski definition) is 1. The normalized spacial score (nSPS) is 20.8. The van der Waals surface area contributed by atoms with Crippen LogP contribution >= 0.6 is 0 Å². The van der Waals surface area contributed by atoms with Crippen LogP contribution in [0.15, 0.2) is 34.9 Å². The van der Waals surface area contributed by atoms with Gasteiger partial charge in [-0.2, -0.15) is 0 Å². The third kappa shape index (κ3) is 4.84. The second-order valence-electron chi connectivity index (χ2n) is 6.41. The molecule has 26 heavy (non-hydrogen) atoms. The van der Waals surface area contributed by atoms with E-state index in [2.05, 4.69) is 9.88 Å². The summed E-state index contributed by atoms with van der Waals surface area (Å²) < 4.78 is 42.9. The Bertz CT molecular complexity index is 816. The number of nitrogens with zero attached hydrogens (tertiary/aromatic N) is 1. The smallest absolute Gasteiger partial charge is 0.211 e. The quantitative estimate of drug-likeness (QED) is 0.793. The lowest BCUT2D eigenvalue weighted by Gasteiger charge is -2.31. The zero-order valence-corrected chi connectivity index (χ0v) is 15.8. The molecule has 0 saturated carbocycles. The van der Waals surface area contributed by atoms with E-state index in [1.54, 1.807) is 6.92 Å². The molecule has 0 radical (unpaired) electrons. The molecule has 1 aliphatic heterocycles. The van der Waals surface area contributed by atoms with Crippen molar-refractivity contribution >= 4 is 10.0 Å². The number of benzene rings is 1. The second-order valence-corrected chi connectivity index (χ2v) is 8.45. The maximum Gasteiger partial charge on any atom is 0.211 e. The van der Waals surface area contributed by atoms with Gasteiger partial charge in [0.2, 0.25) is 10.0 Å². The highest BCUT2D eigenvalue weighted by Crippen LogP contribution is 2.23. The van der Waals surface area contributed by atoms with Crippen molar-refractivity contribution in [3.8, 4) is 17.0 Å². The molecule has 2 atom stereocenters. The van der Waals surface area contributed by atoms with Crippen LogP contribution in [-0.4, -0.2) is 45.2 Å². The van der Waals surface area contributed by atoms with Gasteiger partial charge in [-0.15, -0.1) is 0 Å². The van der Waals surface area contributed by atoms with Crippen molar-refractivity contribution in [3.63, 3.8) is 0 Å². The molecule has 1 aromatic heterocycles. The van der Waals surface area contributed by atoms with Crippen LogP contribution in [0.25, 0.3) is 11.3 Å². The summed E-state index contributed by atoms with van der Waals surface area (Å²) >= 11 is 0. The minimum atomic E-state index is -3.25. The van der Waals surface area contributed by atoms with Crippen LogP contribution in [0.1, 0.15) is 19.1 Å². The van der Waals surface area contributed by atoms with E-state index in [1.807, 2.05) is 37.3 Å². The number of aromatic nitrogens is 1. The first kappa shape index (κ1) is 18.9. The van der Waals surface area contributed by atoms with Gasteiger partial charge in [-0.1, -0.05) is 5.16 Å². The molecule has 2 aromatic rings. The van der Waals surface area contributed by atoms with Crippen LogP contribution < -0.4 is 9.46 Å². The molecule has 2 heterocycles. The fraction of sp³-hybridized carbons (Fsp3) is 0.500. The summed E-state index contributed by atoms with van der Waals surface area (Å²) in [6.07, 6.45) is 0.651. The van der Waals surface area contributed by atoms with Gasteiger partial charge in [0.05, 0.1) is 19.0 Å². The van der Waals surface area contributed by atoms with Gasteiger partial charge in [0.15, 0.2) is 0 Å². The largest absolute Gasteiger partial charge is 0.493 e. The average molecular weight is 380 g/mol. The first-order chi connectivity index (χ1) is 12.5. The van der Waals surface area contributed by atoms with E-state index >= 15 is 0 Å². The first-order valence-electron chi connectivity index (χ1n) is 8.71. The summed E-state index contributed by atoms with van der Waals surface area (Å²) in [5.41, 5.74) is 1.73. The van der Waals surface area contributed by atoms with Crippen molar-refractivity contribution in [3.05, 3.63) is 36.1 Å². The number of hydrogen-bond acceptors (Lipinski definition) is 6. The predicted molar refractivity (Wildman–Crippen MR) is 97.5 cm³/mol. The Balaban J connectivity index is 1.60. The summed E-state index contributed by atoms with van der Waals surface area (Å²) in [7, 11) is -3.25. The van der Waals surface area contributed by atoms with E-state index in [0.29, 0.717) is 26.2 Å². The predicted octanol–water partition coefficient (Wildman–Crippen LogP) is 2.37. The summed E-state index contributed by atoms with van der Waals surface area (Å²) in [4.78, 5) is 0. The van der Waals surface area contributed by atoms with Crippen LogP contribution in [0.2, 0.25) is 0 Å². The SMILES string of the molecule is CCS(=O)(=O)N[C@H]1CCOC[C@@H]1COc1ccc(-c2cc(C)on2)cc1. The molecule has 0 spiro atoms. The number of sulfonamides is 1. The first-order valence-corrected chi connectivity index (χ1v) is 10.4. The maximum atomic E-state index is 11.9. The molecule has 142 valence electrons. The van der Waals surface area contributed by atoms with Gasteiger partial charge in [0, 0.05) is 30.2 Å². The van der Waals surface area contributed by atoms with Crippen molar-refractivity contribution < 1.29 is 22.4 Å². The summed E-state index contributed by atoms with van der Waals surface area (Å²) in [5, 5.41) is 3.99. The molecular weight excluding hydrogens is 356 g/mol. The zero-order valence-electron chi connectivity index (χ0n) is 15.0. The minimum Gasteiger partial charge on any atom is -0.493 e. The van der Waals surface area contributed by atoms with E-state index in [4.69, 9.17) is 14.0 Å². The highest BCUT2D eigenvalue weighted by molar-refractivity contribution is 7.89. The van der Waals surface area contributed by atoms with E-state index in [0.717, 1.165) is 22.8 Å². The molecule has 0 aliphatic carbocycles. The van der Waals surface area contributed by atoms with E-state index in [1.165, 1.54) is 0 Å². The van der Waals surface area contributed by atoms with Crippen LogP contribution in [0, 0.1) is 12.8 Å². The van der Waals surface area contributed by atoms with Gasteiger partial charge in [-0.3, -0.25) is 0 Å². The molecule has 1 N–H and O–H groups in total. The van der Waals surface area contributed by atoms with E-state index in [-0.39, 0.29) is 17.7 Å². The lowest BCUT2D eigenvalue weighted by molar-refractivity contribution is 0.0186. The van der Waals surface area contributed by atoms with E-state index in [9.17, 15) is 8.42 Å². The van der Waals surface area contributed by atoms with Gasteiger partial charge in [-0.25, -0.2) is 13.1 Å². The fourth-order valence-corrected chi connectivity index (χ4v) is 3.80. The summed E-state index contributed by atoms with van der Waals surface area (Å²) in [5.74, 6) is 1.53. The molecule has 0 bridgehead atoms. The van der Waals surface area contributed by atoms with Gasteiger partial charge >= 0.3 is 0 Å². The Morgan fingerprint density at radius 2 is 2.08 bits per heavy atom. The molecule has 0 amide bonds. The molecular formula is C18H24N2O5S. The molecule has 1 saturated heterocycles. The third-order valence-electron chi connectivity index (χ3n) is 4.43. The van der Waals surface area contributed by atoms with Crippen LogP contribution in [0.5, 0.6) is 5.75 Å². The monoisotopic (exact) mass is 380 g/mol. The molecule has 1 aromatic carbocycles. The van der Waals surface area contributed by atoms with Gasteiger partial charge in [0.1, 0.15) is 17.2 Å². The summed E-state index contributed by atoms with van der Waals surface area (Å²) in [6, 6.07) is 9.29. The molecule has 8 heteroatoms. The topological polar surface area (TPSA) is 90.7 Å². The maximum absolute atomic E-state index is 11.9. The summed E-state index contributed by atoms with van der Waals surface area (Å²) in [6.45, 7) is 4.90. The lowest BCUT2D eigenvalue weighted by Crippen LogP contribution is -2.47. The van der Waals surface area contributed by atoms with Gasteiger partial charge in [0.25, 0.3) is 0 Å². The highest BCUT2D eigenvalue weighted by atomic mass is 32.2. The number of ether oxygens (including phenoxy) is 2.